The maximum absolute atomic E-state index is 13.5. The third kappa shape index (κ3) is 3.07. The molecule has 7 heteroatoms. The SMILES string of the molecule is Cc1ccc(CN[C@H]2C[C@H]3C(=O)N[C@@H](CO)C(=O)N3C2)cc1F. The molecule has 2 amide bonds. The number of aliphatic hydroxyl groups is 1. The summed E-state index contributed by atoms with van der Waals surface area (Å²) < 4.78 is 13.5. The van der Waals surface area contributed by atoms with E-state index in [1.54, 1.807) is 13.0 Å². The normalized spacial score (nSPS) is 27.1. The van der Waals surface area contributed by atoms with Crippen molar-refractivity contribution in [2.75, 3.05) is 13.2 Å². The number of aryl methyl sites for hydroxylation is 1. The van der Waals surface area contributed by atoms with Crippen molar-refractivity contribution in [3.8, 4) is 0 Å². The van der Waals surface area contributed by atoms with Gasteiger partial charge in [-0.2, -0.15) is 0 Å². The molecular weight excluding hydrogens is 301 g/mol. The first-order chi connectivity index (χ1) is 11.0. The van der Waals surface area contributed by atoms with Crippen molar-refractivity contribution < 1.29 is 19.1 Å². The van der Waals surface area contributed by atoms with Gasteiger partial charge in [-0.15, -0.1) is 0 Å². The van der Waals surface area contributed by atoms with Crippen LogP contribution in [0.5, 0.6) is 0 Å². The highest BCUT2D eigenvalue weighted by Gasteiger charge is 2.45. The van der Waals surface area contributed by atoms with Crippen molar-refractivity contribution in [3.63, 3.8) is 0 Å². The van der Waals surface area contributed by atoms with Crippen LogP contribution in [0.3, 0.4) is 0 Å². The molecule has 0 saturated carbocycles. The van der Waals surface area contributed by atoms with Crippen LogP contribution in [0.2, 0.25) is 0 Å². The van der Waals surface area contributed by atoms with Crippen LogP contribution in [0.4, 0.5) is 4.39 Å². The lowest BCUT2D eigenvalue weighted by Crippen LogP contribution is -2.62. The highest BCUT2D eigenvalue weighted by atomic mass is 19.1. The second-order valence-corrected chi connectivity index (χ2v) is 6.15. The fourth-order valence-corrected chi connectivity index (χ4v) is 3.14. The number of halogens is 1. The first kappa shape index (κ1) is 15.9. The monoisotopic (exact) mass is 321 g/mol. The molecule has 23 heavy (non-hydrogen) atoms. The predicted molar refractivity (Wildman–Crippen MR) is 80.9 cm³/mol. The molecule has 3 N–H and O–H groups in total. The molecule has 1 aromatic carbocycles. The second-order valence-electron chi connectivity index (χ2n) is 6.15. The van der Waals surface area contributed by atoms with Crippen molar-refractivity contribution in [2.45, 2.75) is 38.0 Å². The third-order valence-corrected chi connectivity index (χ3v) is 4.52. The van der Waals surface area contributed by atoms with E-state index in [9.17, 15) is 14.0 Å². The minimum Gasteiger partial charge on any atom is -0.394 e. The number of rotatable bonds is 4. The molecule has 124 valence electrons. The van der Waals surface area contributed by atoms with E-state index in [1.165, 1.54) is 11.0 Å². The average molecular weight is 321 g/mol. The van der Waals surface area contributed by atoms with E-state index in [1.807, 2.05) is 6.07 Å². The Kier molecular flexibility index (Phi) is 4.32. The first-order valence-corrected chi connectivity index (χ1v) is 7.69. The number of fused-ring (bicyclic) bond motifs is 1. The van der Waals surface area contributed by atoms with Gasteiger partial charge >= 0.3 is 0 Å². The Morgan fingerprint density at radius 3 is 2.91 bits per heavy atom. The highest BCUT2D eigenvalue weighted by Crippen LogP contribution is 2.23. The van der Waals surface area contributed by atoms with Crippen LogP contribution in [0.15, 0.2) is 18.2 Å². The Bertz CT molecular complexity index is 637. The summed E-state index contributed by atoms with van der Waals surface area (Å²) >= 11 is 0. The molecular formula is C16H20FN3O3. The molecule has 2 aliphatic heterocycles. The summed E-state index contributed by atoms with van der Waals surface area (Å²) in [6.45, 7) is 2.21. The number of benzene rings is 1. The molecule has 2 aliphatic rings. The Morgan fingerprint density at radius 1 is 1.43 bits per heavy atom. The second kappa shape index (κ2) is 6.25. The number of piperazine rings is 1. The van der Waals surface area contributed by atoms with E-state index in [4.69, 9.17) is 5.11 Å². The summed E-state index contributed by atoms with van der Waals surface area (Å²) in [6, 6.07) is 3.71. The van der Waals surface area contributed by atoms with Crippen molar-refractivity contribution >= 4 is 11.8 Å². The molecule has 6 nitrogen and oxygen atoms in total. The fourth-order valence-electron chi connectivity index (χ4n) is 3.14. The lowest BCUT2D eigenvalue weighted by molar-refractivity contribution is -0.148. The summed E-state index contributed by atoms with van der Waals surface area (Å²) in [5.74, 6) is -0.717. The highest BCUT2D eigenvalue weighted by molar-refractivity contribution is 5.97. The minimum absolute atomic E-state index is 0.0310. The molecule has 2 heterocycles. The van der Waals surface area contributed by atoms with Crippen LogP contribution in [0, 0.1) is 12.7 Å². The number of hydrogen-bond donors (Lipinski definition) is 3. The zero-order chi connectivity index (χ0) is 16.6. The van der Waals surface area contributed by atoms with Gasteiger partial charge in [0.15, 0.2) is 0 Å². The molecule has 0 spiro atoms. The van der Waals surface area contributed by atoms with E-state index in [-0.39, 0.29) is 23.7 Å². The summed E-state index contributed by atoms with van der Waals surface area (Å²) in [5, 5.41) is 15.0. The lowest BCUT2D eigenvalue weighted by Gasteiger charge is -2.33. The number of aliphatic hydroxyl groups excluding tert-OH is 1. The lowest BCUT2D eigenvalue weighted by atomic mass is 10.1. The molecule has 0 bridgehead atoms. The van der Waals surface area contributed by atoms with Crippen LogP contribution in [0.25, 0.3) is 0 Å². The van der Waals surface area contributed by atoms with Gasteiger partial charge in [0.2, 0.25) is 11.8 Å². The number of carbonyl (C=O) groups is 2. The molecule has 3 rings (SSSR count). The third-order valence-electron chi connectivity index (χ3n) is 4.52. The molecule has 2 saturated heterocycles. The minimum atomic E-state index is -0.844. The Morgan fingerprint density at radius 2 is 2.22 bits per heavy atom. The van der Waals surface area contributed by atoms with Gasteiger partial charge in [0, 0.05) is 19.1 Å². The molecule has 1 aromatic rings. The molecule has 3 atom stereocenters. The van der Waals surface area contributed by atoms with E-state index in [2.05, 4.69) is 10.6 Å². The predicted octanol–water partition coefficient (Wildman–Crippen LogP) is -0.316. The summed E-state index contributed by atoms with van der Waals surface area (Å²) in [5.41, 5.74) is 1.42. The van der Waals surface area contributed by atoms with Gasteiger partial charge < -0.3 is 20.6 Å². The Labute approximate surface area is 133 Å². The van der Waals surface area contributed by atoms with E-state index in [0.717, 1.165) is 5.56 Å². The van der Waals surface area contributed by atoms with E-state index >= 15 is 0 Å². The Balaban J connectivity index is 1.62. The number of carbonyl (C=O) groups excluding carboxylic acids is 2. The zero-order valence-corrected chi connectivity index (χ0v) is 12.9. The number of hydrogen-bond acceptors (Lipinski definition) is 4. The zero-order valence-electron chi connectivity index (χ0n) is 12.9. The van der Waals surface area contributed by atoms with Gasteiger partial charge in [0.25, 0.3) is 0 Å². The van der Waals surface area contributed by atoms with Gasteiger partial charge in [-0.05, 0) is 30.5 Å². The Hall–Kier alpha value is -1.99. The van der Waals surface area contributed by atoms with Crippen LogP contribution in [-0.2, 0) is 16.1 Å². The smallest absolute Gasteiger partial charge is 0.248 e. The number of nitrogens with zero attached hydrogens (tertiary/aromatic N) is 1. The van der Waals surface area contributed by atoms with Gasteiger partial charge in [0.1, 0.15) is 17.9 Å². The van der Waals surface area contributed by atoms with Crippen molar-refractivity contribution in [1.29, 1.82) is 0 Å². The molecule has 0 unspecified atom stereocenters. The molecule has 0 aromatic heterocycles. The molecule has 0 radical (unpaired) electrons. The van der Waals surface area contributed by atoms with Crippen LogP contribution in [-0.4, -0.2) is 53.1 Å². The van der Waals surface area contributed by atoms with Crippen LogP contribution in [0.1, 0.15) is 17.5 Å². The summed E-state index contributed by atoms with van der Waals surface area (Å²) in [6.07, 6.45) is 0.518. The van der Waals surface area contributed by atoms with Crippen molar-refractivity contribution in [3.05, 3.63) is 35.1 Å². The van der Waals surface area contributed by atoms with Gasteiger partial charge in [0.05, 0.1) is 6.61 Å². The standard InChI is InChI=1S/C16H20FN3O3/c1-9-2-3-10(4-12(9)17)6-18-11-5-14-15(22)19-13(8-21)16(23)20(14)7-11/h2-4,11,13-14,18,21H,5-8H2,1H3,(H,19,22)/t11-,13-,14-/m0/s1. The summed E-state index contributed by atoms with van der Waals surface area (Å²) in [7, 11) is 0. The molecule has 0 aliphatic carbocycles. The number of nitrogens with one attached hydrogen (secondary N) is 2. The van der Waals surface area contributed by atoms with Gasteiger partial charge in [-0.3, -0.25) is 9.59 Å². The molecule has 2 fully saturated rings. The van der Waals surface area contributed by atoms with Crippen molar-refractivity contribution in [1.82, 2.24) is 15.5 Å². The van der Waals surface area contributed by atoms with E-state index in [0.29, 0.717) is 25.1 Å². The summed E-state index contributed by atoms with van der Waals surface area (Å²) in [4.78, 5) is 25.7. The largest absolute Gasteiger partial charge is 0.394 e. The van der Waals surface area contributed by atoms with Crippen LogP contribution >= 0.6 is 0 Å². The van der Waals surface area contributed by atoms with Crippen molar-refractivity contribution in [2.24, 2.45) is 0 Å². The van der Waals surface area contributed by atoms with Crippen LogP contribution < -0.4 is 10.6 Å². The quantitative estimate of drug-likeness (QED) is 0.710. The topological polar surface area (TPSA) is 81.7 Å². The maximum atomic E-state index is 13.5. The maximum Gasteiger partial charge on any atom is 0.248 e. The van der Waals surface area contributed by atoms with Gasteiger partial charge in [-0.1, -0.05) is 12.1 Å². The van der Waals surface area contributed by atoms with Gasteiger partial charge in [-0.25, -0.2) is 4.39 Å². The number of amides is 2. The first-order valence-electron chi connectivity index (χ1n) is 7.69. The van der Waals surface area contributed by atoms with E-state index < -0.39 is 18.7 Å². The fraction of sp³-hybridized carbons (Fsp3) is 0.500. The average Bonchev–Trinajstić information content (AvgIpc) is 2.97.